The monoisotopic (exact) mass is 265 g/mol. The number of hydrogen-bond acceptors (Lipinski definition) is 2. The molecule has 0 saturated carbocycles. The third-order valence-electron chi connectivity index (χ3n) is 3.89. The lowest BCUT2D eigenvalue weighted by Crippen LogP contribution is -2.35. The van der Waals surface area contributed by atoms with E-state index in [2.05, 4.69) is 36.5 Å². The summed E-state index contributed by atoms with van der Waals surface area (Å²) in [7, 11) is 0. The van der Waals surface area contributed by atoms with Crippen molar-refractivity contribution in [2.75, 3.05) is 6.54 Å². The first-order valence-electron chi connectivity index (χ1n) is 7.13. The minimum absolute atomic E-state index is 0.152. The zero-order chi connectivity index (χ0) is 13.9. The van der Waals surface area contributed by atoms with Crippen LogP contribution >= 0.6 is 0 Å². The zero-order valence-electron chi connectivity index (χ0n) is 11.7. The van der Waals surface area contributed by atoms with Crippen LogP contribution in [0.25, 0.3) is 0 Å². The van der Waals surface area contributed by atoms with Crippen LogP contribution in [0.5, 0.6) is 0 Å². The minimum Gasteiger partial charge on any atom is -0.303 e. The number of aryl methyl sites for hydroxylation is 1. The van der Waals surface area contributed by atoms with E-state index in [0.717, 1.165) is 24.1 Å². The Kier molecular flexibility index (Phi) is 3.66. The summed E-state index contributed by atoms with van der Waals surface area (Å²) in [4.78, 5) is 12.6. The van der Waals surface area contributed by atoms with E-state index < -0.39 is 0 Å². The van der Waals surface area contributed by atoms with Crippen molar-refractivity contribution < 1.29 is 4.79 Å². The molecule has 0 bridgehead atoms. The van der Waals surface area contributed by atoms with Crippen LogP contribution in [0.3, 0.4) is 0 Å². The second-order valence-electron chi connectivity index (χ2n) is 5.47. The van der Waals surface area contributed by atoms with Crippen LogP contribution < -0.4 is 5.32 Å². The smallest absolute Gasteiger partial charge is 0.158 e. The Morgan fingerprint density at radius 2 is 2.05 bits per heavy atom. The molecule has 2 heteroatoms. The lowest BCUT2D eigenvalue weighted by Gasteiger charge is -2.26. The van der Waals surface area contributed by atoms with Crippen LogP contribution in [0.1, 0.15) is 28.3 Å². The van der Waals surface area contributed by atoms with Gasteiger partial charge in [-0.2, -0.15) is 0 Å². The average molecular weight is 265 g/mol. The second-order valence-corrected chi connectivity index (χ2v) is 5.47. The predicted octanol–water partition coefficient (Wildman–Crippen LogP) is 2.99. The minimum atomic E-state index is -0.152. The predicted molar refractivity (Wildman–Crippen MR) is 80.8 cm³/mol. The van der Waals surface area contributed by atoms with Gasteiger partial charge in [0.1, 0.15) is 0 Å². The Balaban J connectivity index is 1.82. The topological polar surface area (TPSA) is 29.1 Å². The molecule has 1 atom stereocenters. The van der Waals surface area contributed by atoms with Gasteiger partial charge >= 0.3 is 0 Å². The molecule has 0 aromatic heterocycles. The summed E-state index contributed by atoms with van der Waals surface area (Å²) in [6.45, 7) is 2.93. The number of rotatable bonds is 3. The van der Waals surface area contributed by atoms with Crippen LogP contribution in [0.2, 0.25) is 0 Å². The van der Waals surface area contributed by atoms with E-state index in [-0.39, 0.29) is 11.8 Å². The highest BCUT2D eigenvalue weighted by Gasteiger charge is 2.25. The molecule has 0 aliphatic carbocycles. The summed E-state index contributed by atoms with van der Waals surface area (Å²) in [5.41, 5.74) is 4.75. The molecule has 2 nitrogen and oxygen atoms in total. The summed E-state index contributed by atoms with van der Waals surface area (Å²) >= 11 is 0. The van der Waals surface area contributed by atoms with Gasteiger partial charge in [0.15, 0.2) is 5.78 Å². The Morgan fingerprint density at radius 1 is 1.20 bits per heavy atom. The molecule has 1 aliphatic rings. The number of fused-ring (bicyclic) bond motifs is 1. The third kappa shape index (κ3) is 2.66. The Morgan fingerprint density at radius 3 is 2.90 bits per heavy atom. The number of ketones is 1. The van der Waals surface area contributed by atoms with E-state index in [1.165, 1.54) is 11.1 Å². The van der Waals surface area contributed by atoms with Gasteiger partial charge in [-0.15, -0.1) is 0 Å². The van der Waals surface area contributed by atoms with E-state index in [1.807, 2.05) is 24.3 Å². The van der Waals surface area contributed by atoms with Gasteiger partial charge in [-0.3, -0.25) is 4.79 Å². The highest BCUT2D eigenvalue weighted by molar-refractivity contribution is 5.87. The Hall–Kier alpha value is -1.93. The van der Waals surface area contributed by atoms with Gasteiger partial charge in [-0.05, 0) is 30.0 Å². The largest absolute Gasteiger partial charge is 0.303 e. The van der Waals surface area contributed by atoms with Gasteiger partial charge in [0.05, 0.1) is 6.04 Å². The molecular weight excluding hydrogens is 246 g/mol. The van der Waals surface area contributed by atoms with Crippen LogP contribution in [-0.4, -0.2) is 12.3 Å². The number of Topliss-reactive ketones (excluding diaryl/α,β-unsaturated/α-hetero) is 1. The molecule has 0 fully saturated rings. The normalized spacial score (nSPS) is 17.6. The molecular formula is C18H19NO. The molecule has 3 rings (SSSR count). The fourth-order valence-corrected chi connectivity index (χ4v) is 2.92. The number of benzene rings is 2. The van der Waals surface area contributed by atoms with Crippen molar-refractivity contribution in [3.8, 4) is 0 Å². The van der Waals surface area contributed by atoms with Crippen molar-refractivity contribution in [1.29, 1.82) is 0 Å². The highest BCUT2D eigenvalue weighted by atomic mass is 16.1. The first-order valence-corrected chi connectivity index (χ1v) is 7.13. The Labute approximate surface area is 119 Å². The quantitative estimate of drug-likeness (QED) is 0.924. The van der Waals surface area contributed by atoms with Crippen LogP contribution in [0.4, 0.5) is 0 Å². The maximum absolute atomic E-state index is 12.6. The summed E-state index contributed by atoms with van der Waals surface area (Å²) < 4.78 is 0. The highest BCUT2D eigenvalue weighted by Crippen LogP contribution is 2.24. The maximum Gasteiger partial charge on any atom is 0.158 e. The van der Waals surface area contributed by atoms with Gasteiger partial charge < -0.3 is 5.32 Å². The molecule has 1 unspecified atom stereocenters. The van der Waals surface area contributed by atoms with E-state index in [4.69, 9.17) is 0 Å². The molecule has 2 aromatic rings. The molecule has 20 heavy (non-hydrogen) atoms. The molecule has 0 radical (unpaired) electrons. The number of nitrogens with one attached hydrogen (secondary N) is 1. The first-order chi connectivity index (χ1) is 9.74. The molecule has 2 aromatic carbocycles. The van der Waals surface area contributed by atoms with E-state index in [0.29, 0.717) is 6.42 Å². The van der Waals surface area contributed by atoms with Crippen LogP contribution in [0, 0.1) is 6.92 Å². The summed E-state index contributed by atoms with van der Waals surface area (Å²) in [5.74, 6) is 0.253. The zero-order valence-corrected chi connectivity index (χ0v) is 11.7. The second kappa shape index (κ2) is 5.59. The lowest BCUT2D eigenvalue weighted by molar-refractivity contribution is -0.120. The first kappa shape index (κ1) is 13.1. The van der Waals surface area contributed by atoms with Crippen molar-refractivity contribution in [2.45, 2.75) is 25.8 Å². The van der Waals surface area contributed by atoms with Crippen molar-refractivity contribution in [3.05, 3.63) is 70.8 Å². The van der Waals surface area contributed by atoms with Gasteiger partial charge in [0.25, 0.3) is 0 Å². The molecule has 0 saturated heterocycles. The van der Waals surface area contributed by atoms with Gasteiger partial charge in [-0.25, -0.2) is 0 Å². The number of carbonyl (C=O) groups is 1. The SMILES string of the molecule is Cc1cccc(CC(=O)C2NCCc3ccccc32)c1. The lowest BCUT2D eigenvalue weighted by atomic mass is 9.90. The summed E-state index contributed by atoms with van der Waals surface area (Å²) in [5, 5.41) is 3.36. The molecule has 1 heterocycles. The van der Waals surface area contributed by atoms with Crippen LogP contribution in [0.15, 0.2) is 48.5 Å². The van der Waals surface area contributed by atoms with Gasteiger partial charge in [0.2, 0.25) is 0 Å². The molecule has 0 spiro atoms. The van der Waals surface area contributed by atoms with E-state index in [9.17, 15) is 4.79 Å². The van der Waals surface area contributed by atoms with Gasteiger partial charge in [-0.1, -0.05) is 54.1 Å². The fraction of sp³-hybridized carbons (Fsp3) is 0.278. The van der Waals surface area contributed by atoms with Crippen molar-refractivity contribution in [1.82, 2.24) is 5.32 Å². The summed E-state index contributed by atoms with van der Waals surface area (Å²) in [6, 6.07) is 16.3. The maximum atomic E-state index is 12.6. The van der Waals surface area contributed by atoms with E-state index in [1.54, 1.807) is 0 Å². The average Bonchev–Trinajstić information content (AvgIpc) is 2.46. The molecule has 1 N–H and O–H groups in total. The van der Waals surface area contributed by atoms with Gasteiger partial charge in [0, 0.05) is 13.0 Å². The number of hydrogen-bond donors (Lipinski definition) is 1. The van der Waals surface area contributed by atoms with Crippen LogP contribution in [-0.2, 0) is 17.6 Å². The van der Waals surface area contributed by atoms with Crippen molar-refractivity contribution in [3.63, 3.8) is 0 Å². The molecule has 102 valence electrons. The standard InChI is InChI=1S/C18H19NO/c1-13-5-4-6-14(11-13)12-17(20)18-16-8-3-2-7-15(16)9-10-19-18/h2-8,11,18-19H,9-10,12H2,1H3. The van der Waals surface area contributed by atoms with Crippen molar-refractivity contribution >= 4 is 5.78 Å². The molecule has 1 aliphatic heterocycles. The molecule has 0 amide bonds. The Bertz CT molecular complexity index is 633. The van der Waals surface area contributed by atoms with Crippen molar-refractivity contribution in [2.24, 2.45) is 0 Å². The fourth-order valence-electron chi connectivity index (χ4n) is 2.92. The number of carbonyl (C=O) groups excluding carboxylic acids is 1. The summed E-state index contributed by atoms with van der Waals surface area (Å²) in [6.07, 6.45) is 1.50. The van der Waals surface area contributed by atoms with E-state index >= 15 is 0 Å². The third-order valence-corrected chi connectivity index (χ3v) is 3.89.